The minimum Gasteiger partial charge on any atom is -0.508 e. The lowest BCUT2D eigenvalue weighted by molar-refractivity contribution is -0.112. The highest BCUT2D eigenvalue weighted by molar-refractivity contribution is 6.03. The standard InChI is InChI=1S/C26H37FN2O6/c1-16-8-5-10-18(33-3)11-7-12-19-21(30)15-14-20(23(19)27)29-25(31)17(2)9-6-13-22(34-4)24(16)35-26(28)32/h8-9,14-15,18,22,24,30H,5-7,10-13H2,1-4H3,(H2,28,32)(H,29,31)/b16-8+,17-9+. The number of allylic oxidation sites excluding steroid dienone is 2. The number of nitrogens with one attached hydrogen (secondary N) is 1. The Kier molecular flexibility index (Phi) is 11.2. The number of ether oxygens (including phenoxy) is 3. The molecule has 1 aliphatic rings. The summed E-state index contributed by atoms with van der Waals surface area (Å²) < 4.78 is 31.6. The fourth-order valence-electron chi connectivity index (χ4n) is 4.20. The molecule has 1 aliphatic heterocycles. The first kappa shape index (κ1) is 28.3. The number of halogens is 1. The molecule has 2 bridgehead atoms. The molecule has 3 unspecified atom stereocenters. The topological polar surface area (TPSA) is 120 Å². The Morgan fingerprint density at radius 3 is 2.49 bits per heavy atom. The summed E-state index contributed by atoms with van der Waals surface area (Å²) >= 11 is 0. The molecular weight excluding hydrogens is 455 g/mol. The van der Waals surface area contributed by atoms with Crippen LogP contribution in [0.4, 0.5) is 14.9 Å². The van der Waals surface area contributed by atoms with E-state index in [1.54, 1.807) is 20.1 Å². The second kappa shape index (κ2) is 13.8. The predicted octanol–water partition coefficient (Wildman–Crippen LogP) is 4.75. The normalized spacial score (nSPS) is 26.1. The van der Waals surface area contributed by atoms with Crippen LogP contribution in [0.2, 0.25) is 0 Å². The minimum absolute atomic E-state index is 0.0151. The van der Waals surface area contributed by atoms with Gasteiger partial charge in [0.25, 0.3) is 5.91 Å². The zero-order valence-electron chi connectivity index (χ0n) is 20.9. The first-order valence-electron chi connectivity index (χ1n) is 11.8. The van der Waals surface area contributed by atoms with Gasteiger partial charge >= 0.3 is 6.09 Å². The SMILES string of the molecule is COC1CC/C=C(\C)C(OC(N)=O)C(OC)CC/C=C(\C)C(=O)Nc2ccc(O)c(c2F)CCC1. The van der Waals surface area contributed by atoms with E-state index in [1.807, 2.05) is 13.0 Å². The Morgan fingerprint density at radius 2 is 1.83 bits per heavy atom. The highest BCUT2D eigenvalue weighted by Crippen LogP contribution is 2.29. The van der Waals surface area contributed by atoms with Gasteiger partial charge in [-0.25, -0.2) is 9.18 Å². The fourth-order valence-corrected chi connectivity index (χ4v) is 4.20. The average Bonchev–Trinajstić information content (AvgIpc) is 2.82. The molecule has 0 aliphatic carbocycles. The summed E-state index contributed by atoms with van der Waals surface area (Å²) in [5.41, 5.74) is 6.70. The van der Waals surface area contributed by atoms with Crippen LogP contribution < -0.4 is 11.1 Å². The summed E-state index contributed by atoms with van der Waals surface area (Å²) in [6.07, 6.45) is 5.44. The maximum absolute atomic E-state index is 15.1. The summed E-state index contributed by atoms with van der Waals surface area (Å²) in [5.74, 6) is -1.23. The molecule has 0 radical (unpaired) electrons. The second-order valence-corrected chi connectivity index (χ2v) is 8.75. The summed E-state index contributed by atoms with van der Waals surface area (Å²) in [5, 5.41) is 12.8. The molecule has 1 heterocycles. The summed E-state index contributed by atoms with van der Waals surface area (Å²) in [7, 11) is 3.15. The number of hydrogen-bond donors (Lipinski definition) is 3. The van der Waals surface area contributed by atoms with Crippen LogP contribution in [0, 0.1) is 5.82 Å². The molecule has 0 aromatic heterocycles. The van der Waals surface area contributed by atoms with Gasteiger partial charge in [-0.15, -0.1) is 0 Å². The van der Waals surface area contributed by atoms with Gasteiger partial charge in [0.15, 0.2) is 11.9 Å². The van der Waals surface area contributed by atoms with Crippen molar-refractivity contribution in [2.24, 2.45) is 5.73 Å². The van der Waals surface area contributed by atoms with Gasteiger partial charge in [-0.3, -0.25) is 4.79 Å². The smallest absolute Gasteiger partial charge is 0.405 e. The maximum atomic E-state index is 15.1. The van der Waals surface area contributed by atoms with Crippen molar-refractivity contribution in [1.82, 2.24) is 0 Å². The Labute approximate surface area is 206 Å². The second-order valence-electron chi connectivity index (χ2n) is 8.75. The summed E-state index contributed by atoms with van der Waals surface area (Å²) in [4.78, 5) is 24.2. The largest absolute Gasteiger partial charge is 0.508 e. The van der Waals surface area contributed by atoms with Crippen LogP contribution in [0.3, 0.4) is 0 Å². The van der Waals surface area contributed by atoms with Gasteiger partial charge in [0.05, 0.1) is 17.9 Å². The van der Waals surface area contributed by atoms with Gasteiger partial charge in [-0.1, -0.05) is 12.2 Å². The predicted molar refractivity (Wildman–Crippen MR) is 132 cm³/mol. The Morgan fingerprint density at radius 1 is 1.11 bits per heavy atom. The number of carbonyl (C=O) groups excluding carboxylic acids is 2. The van der Waals surface area contributed by atoms with Crippen LogP contribution in [-0.2, 0) is 25.4 Å². The molecule has 0 saturated heterocycles. The van der Waals surface area contributed by atoms with Gasteiger partial charge in [0.2, 0.25) is 0 Å². The molecule has 35 heavy (non-hydrogen) atoms. The van der Waals surface area contributed by atoms with E-state index < -0.39 is 30.0 Å². The number of nitrogens with two attached hydrogens (primary N) is 1. The third kappa shape index (κ3) is 8.36. The third-order valence-corrected chi connectivity index (χ3v) is 6.30. The Hall–Kier alpha value is -2.91. The molecule has 2 amide bonds. The van der Waals surface area contributed by atoms with Gasteiger partial charge in [0.1, 0.15) is 5.75 Å². The zero-order chi connectivity index (χ0) is 26.0. The van der Waals surface area contributed by atoms with Crippen LogP contribution in [0.15, 0.2) is 35.4 Å². The third-order valence-electron chi connectivity index (χ3n) is 6.30. The van der Waals surface area contributed by atoms with Crippen molar-refractivity contribution >= 4 is 17.7 Å². The maximum Gasteiger partial charge on any atom is 0.405 e. The molecular formula is C26H37FN2O6. The van der Waals surface area contributed by atoms with E-state index in [-0.39, 0.29) is 23.1 Å². The summed E-state index contributed by atoms with van der Waals surface area (Å²) in [6, 6.07) is 2.74. The van der Waals surface area contributed by atoms with E-state index in [1.165, 1.54) is 19.2 Å². The molecule has 3 atom stereocenters. The number of anilines is 1. The number of hydrogen-bond acceptors (Lipinski definition) is 6. The molecule has 9 heteroatoms. The lowest BCUT2D eigenvalue weighted by Gasteiger charge is -2.26. The first-order chi connectivity index (χ1) is 16.7. The van der Waals surface area contributed by atoms with E-state index in [0.717, 1.165) is 5.57 Å². The molecule has 0 fully saturated rings. The van der Waals surface area contributed by atoms with Crippen molar-refractivity contribution < 1.29 is 33.3 Å². The number of rotatable bonds is 3. The number of carbonyl (C=O) groups is 2. The van der Waals surface area contributed by atoms with Crippen LogP contribution in [0.25, 0.3) is 0 Å². The van der Waals surface area contributed by atoms with Gasteiger partial charge in [-0.2, -0.15) is 0 Å². The van der Waals surface area contributed by atoms with E-state index in [2.05, 4.69) is 5.32 Å². The van der Waals surface area contributed by atoms with E-state index in [9.17, 15) is 14.7 Å². The van der Waals surface area contributed by atoms with Crippen molar-refractivity contribution in [2.45, 2.75) is 77.1 Å². The molecule has 8 nitrogen and oxygen atoms in total. The van der Waals surface area contributed by atoms with Crippen molar-refractivity contribution in [3.05, 3.63) is 46.8 Å². The fraction of sp³-hybridized carbons (Fsp3) is 0.538. The molecule has 194 valence electrons. The molecule has 2 rings (SSSR count). The molecule has 1 aromatic rings. The molecule has 0 saturated carbocycles. The summed E-state index contributed by atoms with van der Waals surface area (Å²) in [6.45, 7) is 3.49. The number of benzene rings is 1. The van der Waals surface area contributed by atoms with Gasteiger partial charge in [0, 0.05) is 25.4 Å². The van der Waals surface area contributed by atoms with Crippen LogP contribution >= 0.6 is 0 Å². The van der Waals surface area contributed by atoms with Crippen molar-refractivity contribution in [2.75, 3.05) is 19.5 Å². The number of amides is 2. The lowest BCUT2D eigenvalue weighted by Crippen LogP contribution is -2.35. The van der Waals surface area contributed by atoms with E-state index in [0.29, 0.717) is 50.5 Å². The van der Waals surface area contributed by atoms with Crippen molar-refractivity contribution in [3.63, 3.8) is 0 Å². The van der Waals surface area contributed by atoms with Crippen LogP contribution in [0.1, 0.15) is 57.9 Å². The van der Waals surface area contributed by atoms with Crippen molar-refractivity contribution in [3.8, 4) is 5.75 Å². The highest BCUT2D eigenvalue weighted by atomic mass is 19.1. The van der Waals surface area contributed by atoms with Crippen molar-refractivity contribution in [1.29, 1.82) is 0 Å². The minimum atomic E-state index is -0.893. The number of phenolic OH excluding ortho intramolecular Hbond substituents is 1. The number of primary amides is 1. The van der Waals surface area contributed by atoms with E-state index >= 15 is 4.39 Å². The average molecular weight is 493 g/mol. The van der Waals surface area contributed by atoms with Crippen LogP contribution in [0.5, 0.6) is 5.75 Å². The number of phenols is 1. The van der Waals surface area contributed by atoms with Gasteiger partial charge in [-0.05, 0) is 76.5 Å². The number of aromatic hydroxyl groups is 1. The number of methoxy groups -OCH3 is 2. The Bertz CT molecular complexity index is 946. The molecule has 4 N–H and O–H groups in total. The lowest BCUT2D eigenvalue weighted by atomic mass is 9.98. The highest BCUT2D eigenvalue weighted by Gasteiger charge is 2.26. The molecule has 0 spiro atoms. The molecule has 1 aromatic carbocycles. The first-order valence-corrected chi connectivity index (χ1v) is 11.8. The van der Waals surface area contributed by atoms with Gasteiger partial charge < -0.3 is 30.4 Å². The van der Waals surface area contributed by atoms with E-state index in [4.69, 9.17) is 19.9 Å². The Balaban J connectivity index is 2.35. The van der Waals surface area contributed by atoms with Crippen LogP contribution in [-0.4, -0.2) is 49.6 Å². The number of fused-ring (bicyclic) bond motifs is 2. The zero-order valence-corrected chi connectivity index (χ0v) is 20.9. The quantitative estimate of drug-likeness (QED) is 0.414. The monoisotopic (exact) mass is 492 g/mol.